The molecule has 0 spiro atoms. The molecule has 0 saturated heterocycles. The molecule has 0 radical (unpaired) electrons. The molecule has 3 heterocycles. The zero-order valence-electron chi connectivity index (χ0n) is 21.9. The molecule has 1 atom stereocenters. The Balaban J connectivity index is 1.22. The number of anilines is 2. The lowest BCUT2D eigenvalue weighted by Gasteiger charge is -2.14. The third-order valence-electron chi connectivity index (χ3n) is 6.18. The first-order chi connectivity index (χ1) is 19.3. The Labute approximate surface area is 232 Å². The van der Waals surface area contributed by atoms with E-state index in [9.17, 15) is 13.2 Å². The van der Waals surface area contributed by atoms with E-state index in [1.165, 1.54) is 18.7 Å². The number of ether oxygens (including phenoxy) is 2. The van der Waals surface area contributed by atoms with Crippen LogP contribution in [0.4, 0.5) is 11.5 Å². The standard InChI is InChI=1S/C29H29N5O5S/c1-40(36,37)13-5-12-30-16-23-14-27(35)28(39-23)25-15-24-26(17-31-25)32-19-33-29(24)34-21-8-10-22(11-9-21)38-18-20-6-3-2-4-7-20/h2-4,6-11,14-15,17,19,28,30H,5,12-13,16,18H2,1H3,(H,32,33,34). The Morgan fingerprint density at radius 1 is 1.02 bits per heavy atom. The van der Waals surface area contributed by atoms with Crippen molar-refractivity contribution >= 4 is 38.0 Å². The Morgan fingerprint density at radius 3 is 2.60 bits per heavy atom. The zero-order chi connectivity index (χ0) is 28.0. The number of hydrogen-bond acceptors (Lipinski definition) is 10. The van der Waals surface area contributed by atoms with Crippen molar-refractivity contribution < 1.29 is 22.7 Å². The number of pyridine rings is 1. The van der Waals surface area contributed by atoms with Crippen LogP contribution in [0.15, 0.2) is 85.0 Å². The number of nitrogens with one attached hydrogen (secondary N) is 2. The summed E-state index contributed by atoms with van der Waals surface area (Å²) >= 11 is 0. The molecule has 2 aromatic heterocycles. The molecule has 0 bridgehead atoms. The van der Waals surface area contributed by atoms with Crippen LogP contribution < -0.4 is 15.4 Å². The van der Waals surface area contributed by atoms with Gasteiger partial charge in [-0.2, -0.15) is 0 Å². The van der Waals surface area contributed by atoms with E-state index in [0.717, 1.165) is 17.0 Å². The second kappa shape index (κ2) is 12.2. The molecule has 0 fully saturated rings. The van der Waals surface area contributed by atoms with Crippen molar-refractivity contribution in [2.75, 3.05) is 30.4 Å². The summed E-state index contributed by atoms with van der Waals surface area (Å²) in [7, 11) is -3.00. The number of hydrogen-bond donors (Lipinski definition) is 2. The lowest BCUT2D eigenvalue weighted by Crippen LogP contribution is -2.21. The van der Waals surface area contributed by atoms with Gasteiger partial charge < -0.3 is 20.1 Å². The summed E-state index contributed by atoms with van der Waals surface area (Å²) in [5.41, 5.74) is 2.97. The largest absolute Gasteiger partial charge is 0.489 e. The Morgan fingerprint density at radius 2 is 1.82 bits per heavy atom. The van der Waals surface area contributed by atoms with Gasteiger partial charge in [-0.1, -0.05) is 30.3 Å². The highest BCUT2D eigenvalue weighted by atomic mass is 32.2. The van der Waals surface area contributed by atoms with Crippen molar-refractivity contribution in [3.8, 4) is 5.75 Å². The fraction of sp³-hybridized carbons (Fsp3) is 0.241. The number of benzene rings is 2. The van der Waals surface area contributed by atoms with Crippen molar-refractivity contribution in [3.05, 3.63) is 96.3 Å². The van der Waals surface area contributed by atoms with E-state index in [4.69, 9.17) is 9.47 Å². The monoisotopic (exact) mass is 559 g/mol. The average Bonchev–Trinajstić information content (AvgIpc) is 3.32. The number of carbonyl (C=O) groups is 1. The van der Waals surface area contributed by atoms with Crippen LogP contribution >= 0.6 is 0 Å². The third kappa shape index (κ3) is 7.19. The molecule has 11 heteroatoms. The van der Waals surface area contributed by atoms with Crippen LogP contribution in [0.3, 0.4) is 0 Å². The maximum Gasteiger partial charge on any atom is 0.205 e. The lowest BCUT2D eigenvalue weighted by atomic mass is 10.1. The van der Waals surface area contributed by atoms with Crippen LogP contribution in [-0.2, 0) is 26.0 Å². The van der Waals surface area contributed by atoms with Gasteiger partial charge in [-0.15, -0.1) is 0 Å². The van der Waals surface area contributed by atoms with Gasteiger partial charge in [0.05, 0.1) is 29.7 Å². The Hall–Kier alpha value is -4.35. The minimum Gasteiger partial charge on any atom is -0.489 e. The number of nitrogens with zero attached hydrogens (tertiary/aromatic N) is 3. The molecule has 0 amide bonds. The quantitative estimate of drug-likeness (QED) is 0.246. The summed E-state index contributed by atoms with van der Waals surface area (Å²) in [5, 5.41) is 7.11. The molecule has 10 nitrogen and oxygen atoms in total. The Kier molecular flexibility index (Phi) is 8.32. The molecule has 1 aliphatic rings. The van der Waals surface area contributed by atoms with E-state index in [2.05, 4.69) is 25.6 Å². The lowest BCUT2D eigenvalue weighted by molar-refractivity contribution is -0.121. The van der Waals surface area contributed by atoms with Crippen molar-refractivity contribution in [1.82, 2.24) is 20.3 Å². The number of aromatic nitrogens is 3. The minimum absolute atomic E-state index is 0.104. The molecular weight excluding hydrogens is 530 g/mol. The van der Waals surface area contributed by atoms with Crippen LogP contribution in [0, 0.1) is 0 Å². The Bertz CT molecular complexity index is 1630. The minimum atomic E-state index is -3.00. The molecule has 206 valence electrons. The fourth-order valence-corrected chi connectivity index (χ4v) is 4.85. The molecule has 0 saturated carbocycles. The van der Waals surface area contributed by atoms with Crippen LogP contribution in [0.2, 0.25) is 0 Å². The summed E-state index contributed by atoms with van der Waals surface area (Å²) in [5.74, 6) is 1.69. The van der Waals surface area contributed by atoms with E-state index in [1.54, 1.807) is 12.3 Å². The topological polar surface area (TPSA) is 132 Å². The second-order valence-electron chi connectivity index (χ2n) is 9.44. The molecule has 5 rings (SSSR count). The summed E-state index contributed by atoms with van der Waals surface area (Å²) < 4.78 is 34.3. The van der Waals surface area contributed by atoms with Crippen LogP contribution in [0.1, 0.15) is 23.8 Å². The molecule has 1 unspecified atom stereocenters. The van der Waals surface area contributed by atoms with E-state index >= 15 is 0 Å². The molecule has 4 aromatic rings. The van der Waals surface area contributed by atoms with Crippen LogP contribution in [0.25, 0.3) is 10.9 Å². The van der Waals surface area contributed by atoms with Crippen molar-refractivity contribution in [3.63, 3.8) is 0 Å². The first kappa shape index (κ1) is 27.2. The smallest absolute Gasteiger partial charge is 0.205 e. The zero-order valence-corrected chi connectivity index (χ0v) is 22.7. The van der Waals surface area contributed by atoms with Crippen molar-refractivity contribution in [2.45, 2.75) is 19.1 Å². The maximum atomic E-state index is 12.7. The molecule has 2 aromatic carbocycles. The first-order valence-electron chi connectivity index (χ1n) is 12.8. The second-order valence-corrected chi connectivity index (χ2v) is 11.7. The normalized spacial score (nSPS) is 15.1. The van der Waals surface area contributed by atoms with Crippen molar-refractivity contribution in [1.29, 1.82) is 0 Å². The SMILES string of the molecule is CS(=O)(=O)CCCNCC1=CC(=O)C(c2cc3c(Nc4ccc(OCc5ccccc5)cc4)ncnc3cn2)O1. The predicted molar refractivity (Wildman–Crippen MR) is 152 cm³/mol. The molecule has 2 N–H and O–H groups in total. The van der Waals surface area contributed by atoms with Crippen LogP contribution in [0.5, 0.6) is 5.75 Å². The molecule has 40 heavy (non-hydrogen) atoms. The van der Waals surface area contributed by atoms with E-state index < -0.39 is 15.9 Å². The van der Waals surface area contributed by atoms with E-state index in [-0.39, 0.29) is 11.5 Å². The number of ketones is 1. The van der Waals surface area contributed by atoms with Gasteiger partial charge in [-0.3, -0.25) is 9.78 Å². The summed E-state index contributed by atoms with van der Waals surface area (Å²) in [4.78, 5) is 25.8. The van der Waals surface area contributed by atoms with Gasteiger partial charge in [-0.05, 0) is 48.9 Å². The van der Waals surface area contributed by atoms with Gasteiger partial charge in [0.15, 0.2) is 0 Å². The van der Waals surface area contributed by atoms with Crippen molar-refractivity contribution in [2.24, 2.45) is 0 Å². The molecular formula is C29H29N5O5S. The number of fused-ring (bicyclic) bond motifs is 1. The van der Waals surface area contributed by atoms with Gasteiger partial charge in [0.2, 0.25) is 11.9 Å². The highest BCUT2D eigenvalue weighted by Crippen LogP contribution is 2.31. The maximum absolute atomic E-state index is 12.7. The summed E-state index contributed by atoms with van der Waals surface area (Å²) in [6, 6.07) is 19.3. The highest BCUT2D eigenvalue weighted by molar-refractivity contribution is 7.90. The fourth-order valence-electron chi connectivity index (χ4n) is 4.18. The van der Waals surface area contributed by atoms with Gasteiger partial charge >= 0.3 is 0 Å². The molecule has 1 aliphatic heterocycles. The number of carbonyl (C=O) groups excluding carboxylic acids is 1. The van der Waals surface area contributed by atoms with E-state index in [1.807, 2.05) is 54.6 Å². The number of sulfone groups is 1. The van der Waals surface area contributed by atoms with Gasteiger partial charge in [0.1, 0.15) is 40.1 Å². The highest BCUT2D eigenvalue weighted by Gasteiger charge is 2.30. The average molecular weight is 560 g/mol. The predicted octanol–water partition coefficient (Wildman–Crippen LogP) is 3.90. The first-order valence-corrected chi connectivity index (χ1v) is 14.8. The van der Waals surface area contributed by atoms with Gasteiger partial charge in [0, 0.05) is 23.4 Å². The molecule has 0 aliphatic carbocycles. The van der Waals surface area contributed by atoms with Gasteiger partial charge in [-0.25, -0.2) is 18.4 Å². The third-order valence-corrected chi connectivity index (χ3v) is 7.21. The van der Waals surface area contributed by atoms with Crippen LogP contribution in [-0.4, -0.2) is 54.3 Å². The van der Waals surface area contributed by atoms with Gasteiger partial charge in [0.25, 0.3) is 0 Å². The van der Waals surface area contributed by atoms with E-state index in [0.29, 0.717) is 54.3 Å². The number of rotatable bonds is 12. The summed E-state index contributed by atoms with van der Waals surface area (Å²) in [6.45, 7) is 1.30. The summed E-state index contributed by atoms with van der Waals surface area (Å²) in [6.07, 6.45) is 5.31.